The predicted molar refractivity (Wildman–Crippen MR) is 161 cm³/mol. The van der Waals surface area contributed by atoms with Crippen LogP contribution in [0.5, 0.6) is 0 Å². The van der Waals surface area contributed by atoms with Crippen molar-refractivity contribution in [2.24, 2.45) is 0 Å². The largest absolute Gasteiger partial charge is 0.390 e. The zero-order valence-electron chi connectivity index (χ0n) is 24.7. The fourth-order valence-corrected chi connectivity index (χ4v) is 6.32. The van der Waals surface area contributed by atoms with Gasteiger partial charge in [0, 0.05) is 74.2 Å². The smallest absolute Gasteiger partial charge is 0.224 e. The van der Waals surface area contributed by atoms with Gasteiger partial charge in [-0.1, -0.05) is 37.6 Å². The number of nitrogens with one attached hydrogen (secondary N) is 1. The van der Waals surface area contributed by atoms with E-state index in [1.165, 1.54) is 16.7 Å². The van der Waals surface area contributed by atoms with Crippen molar-refractivity contribution in [3.63, 3.8) is 0 Å². The van der Waals surface area contributed by atoms with Crippen LogP contribution in [0.2, 0.25) is 0 Å². The lowest BCUT2D eigenvalue weighted by atomic mass is 9.83. The van der Waals surface area contributed by atoms with Crippen LogP contribution in [0, 0.1) is 0 Å². The number of aromatic nitrogens is 3. The van der Waals surface area contributed by atoms with E-state index in [4.69, 9.17) is 9.97 Å². The lowest BCUT2D eigenvalue weighted by molar-refractivity contribution is 0.0104. The van der Waals surface area contributed by atoms with Crippen LogP contribution < -0.4 is 5.32 Å². The minimum atomic E-state index is -0.559. The molecule has 39 heavy (non-hydrogen) atoms. The highest BCUT2D eigenvalue weighted by atomic mass is 16.3. The van der Waals surface area contributed by atoms with Gasteiger partial charge in [0.15, 0.2) is 0 Å². The monoisotopic (exact) mass is 532 g/mol. The molecule has 0 amide bonds. The maximum atomic E-state index is 10.6. The molecule has 1 aromatic carbocycles. The number of aliphatic hydroxyl groups is 1. The molecule has 1 atom stereocenters. The van der Waals surface area contributed by atoms with Crippen LogP contribution in [0.4, 0.5) is 5.95 Å². The molecule has 1 saturated carbocycles. The number of nitrogens with zero attached hydrogens (tertiary/aromatic N) is 5. The first-order valence-electron chi connectivity index (χ1n) is 15.1. The summed E-state index contributed by atoms with van der Waals surface area (Å²) >= 11 is 0. The van der Waals surface area contributed by atoms with Gasteiger partial charge in [0.2, 0.25) is 5.95 Å². The molecule has 5 rings (SSSR count). The van der Waals surface area contributed by atoms with Crippen molar-refractivity contribution in [3.05, 3.63) is 42.2 Å². The first kappa shape index (κ1) is 28.1. The molecule has 0 radical (unpaired) electrons. The Morgan fingerprint density at radius 2 is 1.74 bits per heavy atom. The van der Waals surface area contributed by atoms with Gasteiger partial charge in [-0.2, -0.15) is 4.98 Å². The summed E-state index contributed by atoms with van der Waals surface area (Å²) in [6.45, 7) is 16.5. The molecule has 7 nitrogen and oxygen atoms in total. The molecule has 0 unspecified atom stereocenters. The van der Waals surface area contributed by atoms with Gasteiger partial charge in [-0.3, -0.25) is 9.80 Å². The minimum absolute atomic E-state index is 0.334. The number of hydrogen-bond donors (Lipinski definition) is 2. The van der Waals surface area contributed by atoms with Crippen molar-refractivity contribution in [2.45, 2.75) is 103 Å². The number of fused-ring (bicyclic) bond motifs is 1. The average Bonchev–Trinajstić information content (AvgIpc) is 3.28. The summed E-state index contributed by atoms with van der Waals surface area (Å²) in [6.07, 6.45) is 10.0. The van der Waals surface area contributed by atoms with Crippen LogP contribution >= 0.6 is 0 Å². The fourth-order valence-electron chi connectivity index (χ4n) is 6.32. The summed E-state index contributed by atoms with van der Waals surface area (Å²) in [6, 6.07) is 10.4. The Morgan fingerprint density at radius 1 is 1.05 bits per heavy atom. The molecule has 3 heterocycles. The Balaban J connectivity index is 1.39. The normalized spacial score (nSPS) is 23.9. The summed E-state index contributed by atoms with van der Waals surface area (Å²) in [4.78, 5) is 14.9. The zero-order chi connectivity index (χ0) is 27.6. The molecule has 3 aromatic rings. The summed E-state index contributed by atoms with van der Waals surface area (Å²) in [7, 11) is 0. The first-order valence-corrected chi connectivity index (χ1v) is 15.1. The van der Waals surface area contributed by atoms with Gasteiger partial charge >= 0.3 is 0 Å². The lowest BCUT2D eigenvalue weighted by Crippen LogP contribution is -2.48. The number of hydrogen-bond acceptors (Lipinski definition) is 6. The predicted octanol–water partition coefficient (Wildman–Crippen LogP) is 6.09. The minimum Gasteiger partial charge on any atom is -0.390 e. The second kappa shape index (κ2) is 11.9. The molecule has 2 N–H and O–H groups in total. The molecular weight excluding hydrogens is 484 g/mol. The second-order valence-corrected chi connectivity index (χ2v) is 12.5. The third-order valence-electron chi connectivity index (χ3n) is 8.90. The molecule has 1 saturated heterocycles. The van der Waals surface area contributed by atoms with E-state index in [1.807, 2.05) is 13.1 Å². The highest BCUT2D eigenvalue weighted by Crippen LogP contribution is 2.39. The van der Waals surface area contributed by atoms with Crippen molar-refractivity contribution in [3.8, 4) is 11.1 Å². The van der Waals surface area contributed by atoms with Gasteiger partial charge in [-0.05, 0) is 70.9 Å². The molecule has 2 aliphatic rings. The van der Waals surface area contributed by atoms with Crippen LogP contribution in [-0.2, 0) is 6.54 Å². The van der Waals surface area contributed by atoms with E-state index in [-0.39, 0.29) is 0 Å². The molecule has 2 fully saturated rings. The van der Waals surface area contributed by atoms with Crippen LogP contribution in [0.15, 0.2) is 36.7 Å². The van der Waals surface area contributed by atoms with Crippen LogP contribution in [0.1, 0.15) is 84.7 Å². The van der Waals surface area contributed by atoms with E-state index in [2.05, 4.69) is 77.8 Å². The number of rotatable bonds is 9. The van der Waals surface area contributed by atoms with Gasteiger partial charge in [0.1, 0.15) is 5.65 Å². The standard InChI is InChI=1S/C32H48N6O/c1-6-7-24(4)34-31-33-20-28-29(22-38(30(28)35-31)27-12-14-32(5,39)15-13-27)26-10-8-25(9-11-26)21-36-16-18-37(19-17-36)23(2)3/h8-11,20,22-24,27,39H,6-7,12-19,21H2,1-5H3,(H,33,34,35)/t24-,27-,32-/m0/s1. The molecule has 0 bridgehead atoms. The SMILES string of the molecule is CCC[C@H](C)Nc1ncc2c(-c3ccc(CN4CCN(C(C)C)CC4)cc3)cn([C@H]3CC[C@](C)(O)CC3)c2n1. The van der Waals surface area contributed by atoms with Crippen LogP contribution in [-0.4, -0.2) is 73.3 Å². The Kier molecular flexibility index (Phi) is 8.60. The lowest BCUT2D eigenvalue weighted by Gasteiger charge is -2.36. The summed E-state index contributed by atoms with van der Waals surface area (Å²) < 4.78 is 2.36. The average molecular weight is 533 g/mol. The summed E-state index contributed by atoms with van der Waals surface area (Å²) in [5.74, 6) is 0.699. The summed E-state index contributed by atoms with van der Waals surface area (Å²) in [5.41, 5.74) is 4.19. The molecule has 1 aliphatic carbocycles. The van der Waals surface area contributed by atoms with Crippen molar-refractivity contribution in [1.82, 2.24) is 24.3 Å². The molecular formula is C32H48N6O. The fraction of sp³-hybridized carbons (Fsp3) is 0.625. The van der Waals surface area contributed by atoms with Gasteiger partial charge in [-0.25, -0.2) is 4.98 Å². The molecule has 1 aliphatic heterocycles. The Hall–Kier alpha value is -2.48. The molecule has 2 aromatic heterocycles. The van der Waals surface area contributed by atoms with Crippen molar-refractivity contribution in [1.29, 1.82) is 0 Å². The van der Waals surface area contributed by atoms with Gasteiger partial charge in [-0.15, -0.1) is 0 Å². The Bertz CT molecular complexity index is 1220. The third kappa shape index (κ3) is 6.64. The van der Waals surface area contributed by atoms with E-state index >= 15 is 0 Å². The van der Waals surface area contributed by atoms with Crippen molar-refractivity contribution in [2.75, 3.05) is 31.5 Å². The summed E-state index contributed by atoms with van der Waals surface area (Å²) in [5, 5.41) is 15.2. The van der Waals surface area contributed by atoms with Crippen LogP contribution in [0.25, 0.3) is 22.2 Å². The molecule has 7 heteroatoms. The highest BCUT2D eigenvalue weighted by molar-refractivity contribution is 5.94. The van der Waals surface area contributed by atoms with E-state index in [1.54, 1.807) is 0 Å². The first-order chi connectivity index (χ1) is 18.7. The van der Waals surface area contributed by atoms with Crippen molar-refractivity contribution < 1.29 is 5.11 Å². The quantitative estimate of drug-likeness (QED) is 0.348. The van der Waals surface area contributed by atoms with Crippen LogP contribution in [0.3, 0.4) is 0 Å². The number of piperazine rings is 1. The van der Waals surface area contributed by atoms with Crippen molar-refractivity contribution >= 4 is 17.0 Å². The van der Waals surface area contributed by atoms with Gasteiger partial charge in [0.25, 0.3) is 0 Å². The number of anilines is 1. The molecule has 212 valence electrons. The zero-order valence-corrected chi connectivity index (χ0v) is 24.7. The second-order valence-electron chi connectivity index (χ2n) is 12.5. The Morgan fingerprint density at radius 3 is 2.38 bits per heavy atom. The molecule has 0 spiro atoms. The third-order valence-corrected chi connectivity index (χ3v) is 8.90. The van der Waals surface area contributed by atoms with E-state index < -0.39 is 5.60 Å². The Labute approximate surface area is 234 Å². The topological polar surface area (TPSA) is 69.5 Å². The highest BCUT2D eigenvalue weighted by Gasteiger charge is 2.31. The van der Waals surface area contributed by atoms with E-state index in [0.717, 1.165) is 82.3 Å². The maximum absolute atomic E-state index is 10.6. The number of benzene rings is 1. The van der Waals surface area contributed by atoms with E-state index in [9.17, 15) is 5.11 Å². The van der Waals surface area contributed by atoms with E-state index in [0.29, 0.717) is 24.1 Å². The maximum Gasteiger partial charge on any atom is 0.224 e. The van der Waals surface area contributed by atoms with Gasteiger partial charge in [0.05, 0.1) is 5.60 Å². The van der Waals surface area contributed by atoms with Gasteiger partial charge < -0.3 is 15.0 Å².